The quantitative estimate of drug-likeness (QED) is 0.818. The Morgan fingerprint density at radius 1 is 0.885 bits per heavy atom. The Labute approximate surface area is 158 Å². The first-order valence-electron chi connectivity index (χ1n) is 9.75. The fraction of sp³-hybridized carbons (Fsp3) is 0.684. The van der Waals surface area contributed by atoms with Crippen molar-refractivity contribution in [3.63, 3.8) is 0 Å². The Bertz CT molecular complexity index is 625. The maximum Gasteiger partial charge on any atom is 0.246 e. The van der Waals surface area contributed by atoms with E-state index in [0.29, 0.717) is 5.13 Å². The van der Waals surface area contributed by atoms with Gasteiger partial charge < -0.3 is 5.32 Å². The number of anilines is 1. The van der Waals surface area contributed by atoms with E-state index in [0.717, 1.165) is 29.9 Å². The number of amides is 3. The highest BCUT2D eigenvalue weighted by molar-refractivity contribution is 7.15. The lowest BCUT2D eigenvalue weighted by Gasteiger charge is -2.12. The lowest BCUT2D eigenvalue weighted by Crippen LogP contribution is -2.36. The molecule has 1 aromatic heterocycles. The van der Waals surface area contributed by atoms with E-state index in [2.05, 4.69) is 10.3 Å². The molecule has 2 aliphatic rings. The number of carbonyl (C=O) groups is 3. The third kappa shape index (κ3) is 5.13. The molecule has 142 valence electrons. The fourth-order valence-corrected chi connectivity index (χ4v) is 4.63. The van der Waals surface area contributed by atoms with E-state index in [4.69, 9.17) is 0 Å². The molecule has 26 heavy (non-hydrogen) atoms. The van der Waals surface area contributed by atoms with Crippen LogP contribution in [-0.4, -0.2) is 34.2 Å². The molecule has 0 saturated carbocycles. The Morgan fingerprint density at radius 2 is 1.46 bits per heavy atom. The molecule has 2 heterocycles. The van der Waals surface area contributed by atoms with Gasteiger partial charge in [-0.25, -0.2) is 4.98 Å². The first kappa shape index (κ1) is 19.0. The van der Waals surface area contributed by atoms with Crippen molar-refractivity contribution >= 4 is 34.2 Å². The molecule has 1 aliphatic carbocycles. The summed E-state index contributed by atoms with van der Waals surface area (Å²) in [6.45, 7) is -0.206. The van der Waals surface area contributed by atoms with Gasteiger partial charge in [0.15, 0.2) is 5.13 Å². The van der Waals surface area contributed by atoms with Gasteiger partial charge in [0.25, 0.3) is 0 Å². The van der Waals surface area contributed by atoms with Crippen molar-refractivity contribution in [2.24, 2.45) is 0 Å². The predicted molar refractivity (Wildman–Crippen MR) is 101 cm³/mol. The topological polar surface area (TPSA) is 79.4 Å². The maximum absolute atomic E-state index is 12.2. The summed E-state index contributed by atoms with van der Waals surface area (Å²) in [5.74, 6) is -0.884. The summed E-state index contributed by atoms with van der Waals surface area (Å²) in [6, 6.07) is 0. The molecule has 0 unspecified atom stereocenters. The number of hydrogen-bond donors (Lipinski definition) is 1. The van der Waals surface area contributed by atoms with Crippen molar-refractivity contribution in [1.82, 2.24) is 9.88 Å². The van der Waals surface area contributed by atoms with E-state index < -0.39 is 0 Å². The number of nitrogens with one attached hydrogen (secondary N) is 1. The summed E-state index contributed by atoms with van der Waals surface area (Å²) in [5.41, 5.74) is 1.11. The molecule has 1 aromatic rings. The Hall–Kier alpha value is -1.76. The van der Waals surface area contributed by atoms with Gasteiger partial charge in [0.1, 0.15) is 6.54 Å². The smallest absolute Gasteiger partial charge is 0.246 e. The molecule has 1 aliphatic heterocycles. The van der Waals surface area contributed by atoms with E-state index in [9.17, 15) is 14.4 Å². The van der Waals surface area contributed by atoms with Crippen molar-refractivity contribution in [3.05, 3.63) is 10.6 Å². The monoisotopic (exact) mass is 377 g/mol. The second-order valence-corrected chi connectivity index (χ2v) is 8.22. The van der Waals surface area contributed by atoms with E-state index in [1.165, 1.54) is 49.8 Å². The van der Waals surface area contributed by atoms with Crippen LogP contribution in [0.5, 0.6) is 0 Å². The van der Waals surface area contributed by atoms with E-state index in [-0.39, 0.29) is 37.1 Å². The van der Waals surface area contributed by atoms with Crippen molar-refractivity contribution in [1.29, 1.82) is 0 Å². The summed E-state index contributed by atoms with van der Waals surface area (Å²) in [7, 11) is 0. The highest BCUT2D eigenvalue weighted by atomic mass is 32.1. The van der Waals surface area contributed by atoms with Crippen LogP contribution in [0.2, 0.25) is 0 Å². The predicted octanol–water partition coefficient (Wildman–Crippen LogP) is 3.45. The molecule has 1 N–H and O–H groups in total. The molecule has 0 atom stereocenters. The van der Waals surface area contributed by atoms with E-state index in [1.807, 2.05) is 0 Å². The van der Waals surface area contributed by atoms with Crippen LogP contribution in [0.3, 0.4) is 0 Å². The van der Waals surface area contributed by atoms with Crippen LogP contribution in [0, 0.1) is 0 Å². The van der Waals surface area contributed by atoms with Crippen LogP contribution in [0.1, 0.15) is 74.8 Å². The highest BCUT2D eigenvalue weighted by Crippen LogP contribution is 2.27. The first-order valence-corrected chi connectivity index (χ1v) is 10.6. The van der Waals surface area contributed by atoms with Gasteiger partial charge in [-0.15, -0.1) is 11.3 Å². The molecular formula is C19H27N3O3S. The van der Waals surface area contributed by atoms with Crippen LogP contribution < -0.4 is 5.32 Å². The molecule has 3 rings (SSSR count). The summed E-state index contributed by atoms with van der Waals surface area (Å²) < 4.78 is 0. The maximum atomic E-state index is 12.2. The molecular weight excluding hydrogens is 350 g/mol. The molecule has 0 spiro atoms. The molecule has 6 nitrogen and oxygen atoms in total. The minimum absolute atomic E-state index is 0.206. The van der Waals surface area contributed by atoms with Gasteiger partial charge in [-0.3, -0.25) is 19.3 Å². The van der Waals surface area contributed by atoms with E-state index in [1.54, 1.807) is 11.3 Å². The Balaban J connectivity index is 1.61. The zero-order valence-corrected chi connectivity index (χ0v) is 16.0. The lowest BCUT2D eigenvalue weighted by molar-refractivity contribution is -0.141. The molecule has 0 radical (unpaired) electrons. The van der Waals surface area contributed by atoms with Crippen molar-refractivity contribution in [3.8, 4) is 0 Å². The standard InChI is InChI=1S/C19H27N3O3S/c23-16(13-22-17(24)11-12-18(22)25)21-19-20-14-9-7-5-3-1-2-4-6-8-10-15(14)26-19/h1-13H2,(H,20,21,23). The summed E-state index contributed by atoms with van der Waals surface area (Å²) in [4.78, 5) is 42.4. The van der Waals surface area contributed by atoms with Gasteiger partial charge in [0.05, 0.1) is 5.69 Å². The van der Waals surface area contributed by atoms with Gasteiger partial charge in [0.2, 0.25) is 17.7 Å². The highest BCUT2D eigenvalue weighted by Gasteiger charge is 2.30. The Kier molecular flexibility index (Phi) is 6.77. The fourth-order valence-electron chi connectivity index (χ4n) is 3.57. The van der Waals surface area contributed by atoms with Crippen LogP contribution >= 0.6 is 11.3 Å². The lowest BCUT2D eigenvalue weighted by atomic mass is 10.0. The minimum atomic E-state index is -0.349. The first-order chi connectivity index (χ1) is 12.6. The molecule has 3 amide bonds. The number of hydrogen-bond acceptors (Lipinski definition) is 5. The number of fused-ring (bicyclic) bond motifs is 1. The van der Waals surface area contributed by atoms with E-state index >= 15 is 0 Å². The molecule has 0 aromatic carbocycles. The van der Waals surface area contributed by atoms with Gasteiger partial charge >= 0.3 is 0 Å². The van der Waals surface area contributed by atoms with Crippen molar-refractivity contribution in [2.75, 3.05) is 11.9 Å². The molecule has 0 bridgehead atoms. The zero-order chi connectivity index (χ0) is 18.4. The second kappa shape index (κ2) is 9.26. The summed E-state index contributed by atoms with van der Waals surface area (Å²) in [5, 5.41) is 3.38. The number of likely N-dealkylation sites (tertiary alicyclic amines) is 1. The van der Waals surface area contributed by atoms with Crippen LogP contribution in [-0.2, 0) is 27.2 Å². The Morgan fingerprint density at radius 3 is 2.12 bits per heavy atom. The van der Waals surface area contributed by atoms with Crippen LogP contribution in [0.25, 0.3) is 0 Å². The summed E-state index contributed by atoms with van der Waals surface area (Å²) in [6.07, 6.45) is 12.4. The minimum Gasteiger partial charge on any atom is -0.300 e. The average Bonchev–Trinajstić information content (AvgIpc) is 3.12. The number of imide groups is 1. The van der Waals surface area contributed by atoms with Gasteiger partial charge in [-0.05, 0) is 25.7 Å². The summed E-state index contributed by atoms with van der Waals surface area (Å²) >= 11 is 1.54. The van der Waals surface area contributed by atoms with Gasteiger partial charge in [0, 0.05) is 17.7 Å². The van der Waals surface area contributed by atoms with Crippen molar-refractivity contribution in [2.45, 2.75) is 77.0 Å². The number of rotatable bonds is 3. The number of aromatic nitrogens is 1. The third-order valence-corrected chi connectivity index (χ3v) is 6.12. The number of carbonyl (C=O) groups excluding carboxylic acids is 3. The SMILES string of the molecule is O=C(CN1C(=O)CCC1=O)Nc1nc2c(s1)CCCCCCCCCC2. The third-order valence-electron chi connectivity index (χ3n) is 5.05. The largest absolute Gasteiger partial charge is 0.300 e. The molecule has 1 saturated heterocycles. The van der Waals surface area contributed by atoms with Crippen molar-refractivity contribution < 1.29 is 14.4 Å². The van der Waals surface area contributed by atoms with Gasteiger partial charge in [-0.2, -0.15) is 0 Å². The second-order valence-electron chi connectivity index (χ2n) is 7.14. The van der Waals surface area contributed by atoms with Gasteiger partial charge in [-0.1, -0.05) is 38.5 Å². The zero-order valence-electron chi connectivity index (χ0n) is 15.2. The molecule has 1 fully saturated rings. The van der Waals surface area contributed by atoms with Crippen LogP contribution in [0.4, 0.5) is 5.13 Å². The number of nitrogens with zero attached hydrogens (tertiary/aromatic N) is 2. The normalized spacial score (nSPS) is 19.6. The number of aryl methyl sites for hydroxylation is 2. The average molecular weight is 378 g/mol. The molecule has 7 heteroatoms. The van der Waals surface area contributed by atoms with Crippen LogP contribution in [0.15, 0.2) is 0 Å². The number of thiazole rings is 1.